The first kappa shape index (κ1) is 12.4. The number of hydrogen-bond acceptors (Lipinski definition) is 5. The second-order valence-corrected chi connectivity index (χ2v) is 4.58. The summed E-state index contributed by atoms with van der Waals surface area (Å²) in [6.07, 6.45) is 0.719. The summed E-state index contributed by atoms with van der Waals surface area (Å²) in [5.74, 6) is 0.584. The van der Waals surface area contributed by atoms with E-state index in [0.717, 1.165) is 6.42 Å². The normalized spacial score (nSPS) is 10.3. The van der Waals surface area contributed by atoms with E-state index in [1.54, 1.807) is 11.4 Å². The maximum absolute atomic E-state index is 11.8. The highest BCUT2D eigenvalue weighted by Crippen LogP contribution is 2.16. The third-order valence-electron chi connectivity index (χ3n) is 2.32. The largest absolute Gasteiger partial charge is 0.294 e. The van der Waals surface area contributed by atoms with Gasteiger partial charge in [-0.3, -0.25) is 20.0 Å². The van der Waals surface area contributed by atoms with Crippen molar-refractivity contribution >= 4 is 29.0 Å². The van der Waals surface area contributed by atoms with Crippen molar-refractivity contribution in [2.45, 2.75) is 20.3 Å². The number of aryl methyl sites for hydroxylation is 1. The van der Waals surface area contributed by atoms with Gasteiger partial charge >= 0.3 is 0 Å². The molecule has 0 aromatic carbocycles. The fraction of sp³-hybridized carbons (Fsp3) is 0.273. The van der Waals surface area contributed by atoms with Crippen LogP contribution in [0.3, 0.4) is 0 Å². The molecule has 2 rings (SSSR count). The Labute approximate surface area is 107 Å². The first-order chi connectivity index (χ1) is 8.60. The fourth-order valence-corrected chi connectivity index (χ4v) is 2.15. The minimum Gasteiger partial charge on any atom is -0.294 e. The number of hydrogen-bond donors (Lipinski definition) is 2. The zero-order valence-electron chi connectivity index (χ0n) is 9.98. The van der Waals surface area contributed by atoms with Crippen molar-refractivity contribution in [2.24, 2.45) is 0 Å². The third-order valence-corrected chi connectivity index (χ3v) is 3.25. The van der Waals surface area contributed by atoms with Gasteiger partial charge in [-0.05, 0) is 13.0 Å². The van der Waals surface area contributed by atoms with Crippen molar-refractivity contribution in [3.63, 3.8) is 0 Å². The lowest BCUT2D eigenvalue weighted by Gasteiger charge is -1.96. The molecule has 6 nitrogen and oxygen atoms in total. The van der Waals surface area contributed by atoms with E-state index >= 15 is 0 Å². The van der Waals surface area contributed by atoms with Crippen molar-refractivity contribution < 1.29 is 9.59 Å². The van der Waals surface area contributed by atoms with Crippen LogP contribution in [0.1, 0.15) is 39.7 Å². The summed E-state index contributed by atoms with van der Waals surface area (Å²) >= 11 is 1.22. The molecule has 0 fully saturated rings. The van der Waals surface area contributed by atoms with Crippen molar-refractivity contribution in [3.05, 3.63) is 27.7 Å². The Hall–Kier alpha value is -2.02. The number of ketones is 1. The Morgan fingerprint density at radius 3 is 2.83 bits per heavy atom. The van der Waals surface area contributed by atoms with Gasteiger partial charge in [-0.2, -0.15) is 4.98 Å². The van der Waals surface area contributed by atoms with Crippen LogP contribution in [0.25, 0.3) is 0 Å². The van der Waals surface area contributed by atoms with Gasteiger partial charge in [0, 0.05) is 17.4 Å². The second-order valence-electron chi connectivity index (χ2n) is 3.67. The zero-order valence-corrected chi connectivity index (χ0v) is 10.8. The molecule has 0 aliphatic carbocycles. The van der Waals surface area contributed by atoms with E-state index < -0.39 is 0 Å². The van der Waals surface area contributed by atoms with E-state index in [2.05, 4.69) is 20.5 Å². The predicted octanol–water partition coefficient (Wildman–Crippen LogP) is 1.88. The number of H-pyrrole nitrogens is 1. The molecular formula is C11H12N4O2S. The lowest BCUT2D eigenvalue weighted by molar-refractivity contribution is 0.101. The Bertz CT molecular complexity index is 587. The maximum Gasteiger partial charge on any atom is 0.268 e. The molecule has 2 N–H and O–H groups in total. The van der Waals surface area contributed by atoms with Crippen molar-refractivity contribution in [2.75, 3.05) is 5.32 Å². The van der Waals surface area contributed by atoms with E-state index in [1.807, 2.05) is 6.92 Å². The number of amides is 1. The van der Waals surface area contributed by atoms with Crippen LogP contribution < -0.4 is 5.32 Å². The second kappa shape index (κ2) is 5.09. The number of anilines is 1. The van der Waals surface area contributed by atoms with E-state index in [1.165, 1.54) is 18.3 Å². The van der Waals surface area contributed by atoms with Crippen molar-refractivity contribution in [3.8, 4) is 0 Å². The van der Waals surface area contributed by atoms with Gasteiger partial charge in [0.25, 0.3) is 5.91 Å². The molecule has 18 heavy (non-hydrogen) atoms. The highest BCUT2D eigenvalue weighted by atomic mass is 32.1. The van der Waals surface area contributed by atoms with Gasteiger partial charge in [0.1, 0.15) is 5.82 Å². The van der Waals surface area contributed by atoms with Crippen LogP contribution in [0.5, 0.6) is 0 Å². The molecule has 7 heteroatoms. The molecule has 2 aromatic rings. The maximum atomic E-state index is 11.8. The number of aromatic amines is 1. The summed E-state index contributed by atoms with van der Waals surface area (Å²) < 4.78 is 0. The zero-order chi connectivity index (χ0) is 13.1. The lowest BCUT2D eigenvalue weighted by Crippen LogP contribution is -2.11. The molecule has 0 saturated heterocycles. The average Bonchev–Trinajstić information content (AvgIpc) is 2.97. The molecule has 0 radical (unpaired) electrons. The van der Waals surface area contributed by atoms with E-state index in [0.29, 0.717) is 16.3 Å². The molecule has 2 heterocycles. The standard InChI is InChI=1S/C11H12N4O2S/c1-3-9-12-11(15-14-9)13-10(17)8-4-7(5-18-8)6(2)16/h4-5H,3H2,1-2H3,(H2,12,13,14,15,17). The summed E-state index contributed by atoms with van der Waals surface area (Å²) in [6, 6.07) is 1.57. The van der Waals surface area contributed by atoms with Crippen LogP contribution in [0, 0.1) is 0 Å². The van der Waals surface area contributed by atoms with Crippen LogP contribution >= 0.6 is 11.3 Å². The molecule has 0 unspecified atom stereocenters. The first-order valence-electron chi connectivity index (χ1n) is 5.42. The van der Waals surface area contributed by atoms with Gasteiger partial charge < -0.3 is 0 Å². The van der Waals surface area contributed by atoms with Crippen molar-refractivity contribution in [1.29, 1.82) is 0 Å². The van der Waals surface area contributed by atoms with E-state index in [-0.39, 0.29) is 17.6 Å². The van der Waals surface area contributed by atoms with Gasteiger partial charge in [-0.15, -0.1) is 16.4 Å². The van der Waals surface area contributed by atoms with Gasteiger partial charge in [0.2, 0.25) is 5.95 Å². The molecule has 2 aromatic heterocycles. The predicted molar refractivity (Wildman–Crippen MR) is 68.0 cm³/mol. The summed E-state index contributed by atoms with van der Waals surface area (Å²) in [5, 5.41) is 10.8. The number of carbonyl (C=O) groups is 2. The Kier molecular flexibility index (Phi) is 3.52. The quantitative estimate of drug-likeness (QED) is 0.825. The van der Waals surface area contributed by atoms with Crippen molar-refractivity contribution in [1.82, 2.24) is 15.2 Å². The van der Waals surface area contributed by atoms with Crippen LogP contribution in [0.15, 0.2) is 11.4 Å². The lowest BCUT2D eigenvalue weighted by atomic mass is 10.2. The Balaban J connectivity index is 2.09. The molecule has 0 atom stereocenters. The van der Waals surface area contributed by atoms with Crippen LogP contribution in [0.2, 0.25) is 0 Å². The fourth-order valence-electron chi connectivity index (χ4n) is 1.31. The van der Waals surface area contributed by atoms with Gasteiger partial charge in [0.15, 0.2) is 5.78 Å². The number of rotatable bonds is 4. The smallest absolute Gasteiger partial charge is 0.268 e. The molecule has 0 bridgehead atoms. The van der Waals surface area contributed by atoms with Crippen LogP contribution in [0.4, 0.5) is 5.95 Å². The minimum atomic E-state index is -0.311. The minimum absolute atomic E-state index is 0.0588. The SMILES string of the molecule is CCc1nc(NC(=O)c2cc(C(C)=O)cs2)n[nH]1. The summed E-state index contributed by atoms with van der Waals surface area (Å²) in [5.41, 5.74) is 0.536. The Morgan fingerprint density at radius 1 is 1.50 bits per heavy atom. The first-order valence-corrected chi connectivity index (χ1v) is 6.30. The number of aromatic nitrogens is 3. The molecule has 0 spiro atoms. The van der Waals surface area contributed by atoms with Crippen LogP contribution in [-0.4, -0.2) is 26.9 Å². The number of Topliss-reactive ketones (excluding diaryl/α,β-unsaturated/α-hetero) is 1. The number of carbonyl (C=O) groups excluding carboxylic acids is 2. The molecule has 1 amide bonds. The average molecular weight is 264 g/mol. The summed E-state index contributed by atoms with van der Waals surface area (Å²) in [6.45, 7) is 3.40. The molecule has 0 aliphatic heterocycles. The summed E-state index contributed by atoms with van der Waals surface area (Å²) in [4.78, 5) is 27.5. The van der Waals surface area contributed by atoms with Gasteiger partial charge in [0.05, 0.1) is 4.88 Å². The third kappa shape index (κ3) is 2.62. The molecule has 94 valence electrons. The van der Waals surface area contributed by atoms with Gasteiger partial charge in [-0.25, -0.2) is 0 Å². The van der Waals surface area contributed by atoms with E-state index in [9.17, 15) is 9.59 Å². The molecule has 0 saturated carbocycles. The summed E-state index contributed by atoms with van der Waals surface area (Å²) in [7, 11) is 0. The highest BCUT2D eigenvalue weighted by Gasteiger charge is 2.13. The molecular weight excluding hydrogens is 252 g/mol. The number of thiophene rings is 1. The van der Waals surface area contributed by atoms with Crippen LogP contribution in [-0.2, 0) is 6.42 Å². The number of nitrogens with one attached hydrogen (secondary N) is 2. The van der Waals surface area contributed by atoms with Gasteiger partial charge in [-0.1, -0.05) is 6.92 Å². The Morgan fingerprint density at radius 2 is 2.28 bits per heavy atom. The highest BCUT2D eigenvalue weighted by molar-refractivity contribution is 7.12. The monoisotopic (exact) mass is 264 g/mol. The number of nitrogens with zero attached hydrogens (tertiary/aromatic N) is 2. The molecule has 0 aliphatic rings. The van der Waals surface area contributed by atoms with E-state index in [4.69, 9.17) is 0 Å². The topological polar surface area (TPSA) is 87.7 Å².